The molecule has 0 spiro atoms. The number of halogens is 1. The standard InChI is InChI=1S/C12H16ClNO/c1-12(2)7-11(15)8-14(12)10-5-3-9(13)4-6-10/h3-6,11,15H,7-8H2,1-2H3. The van der Waals surface area contributed by atoms with Gasteiger partial charge < -0.3 is 10.0 Å². The maximum atomic E-state index is 9.68. The lowest BCUT2D eigenvalue weighted by atomic mass is 10.0. The third-order valence-corrected chi connectivity index (χ3v) is 3.25. The van der Waals surface area contributed by atoms with Gasteiger partial charge in [-0.3, -0.25) is 0 Å². The van der Waals surface area contributed by atoms with E-state index in [9.17, 15) is 5.11 Å². The number of aliphatic hydroxyl groups is 1. The molecule has 1 saturated heterocycles. The van der Waals surface area contributed by atoms with Crippen molar-refractivity contribution in [2.75, 3.05) is 11.4 Å². The first-order valence-electron chi connectivity index (χ1n) is 5.20. The Morgan fingerprint density at radius 1 is 1.33 bits per heavy atom. The van der Waals surface area contributed by atoms with Crippen molar-refractivity contribution in [1.29, 1.82) is 0 Å². The van der Waals surface area contributed by atoms with Crippen LogP contribution in [0.25, 0.3) is 0 Å². The van der Waals surface area contributed by atoms with Crippen molar-refractivity contribution in [3.8, 4) is 0 Å². The lowest BCUT2D eigenvalue weighted by Crippen LogP contribution is -2.38. The number of nitrogens with zero attached hydrogens (tertiary/aromatic N) is 1. The normalized spacial score (nSPS) is 24.5. The van der Waals surface area contributed by atoms with Gasteiger partial charge in [0.05, 0.1) is 6.10 Å². The fourth-order valence-corrected chi connectivity index (χ4v) is 2.41. The molecule has 1 atom stereocenters. The number of benzene rings is 1. The molecule has 2 rings (SSSR count). The number of aliphatic hydroxyl groups excluding tert-OH is 1. The van der Waals surface area contributed by atoms with Crippen molar-refractivity contribution in [2.45, 2.75) is 31.9 Å². The minimum absolute atomic E-state index is 0.0211. The van der Waals surface area contributed by atoms with E-state index < -0.39 is 0 Å². The third kappa shape index (κ3) is 2.11. The number of hydrogen-bond acceptors (Lipinski definition) is 2. The number of β-amino-alcohol motifs (C(OH)–C–C–N with tert-alkyl or cyclic N) is 1. The van der Waals surface area contributed by atoms with Gasteiger partial charge in [0, 0.05) is 22.8 Å². The predicted molar refractivity (Wildman–Crippen MR) is 63.5 cm³/mol. The molecular formula is C12H16ClNO. The zero-order chi connectivity index (χ0) is 11.1. The van der Waals surface area contributed by atoms with Gasteiger partial charge in [0.2, 0.25) is 0 Å². The molecule has 0 amide bonds. The van der Waals surface area contributed by atoms with E-state index in [0.29, 0.717) is 6.54 Å². The van der Waals surface area contributed by atoms with Crippen LogP contribution in [-0.2, 0) is 0 Å². The Kier molecular flexibility index (Phi) is 2.65. The molecule has 0 aromatic heterocycles. The van der Waals surface area contributed by atoms with Crippen LogP contribution in [0.3, 0.4) is 0 Å². The molecule has 3 heteroatoms. The summed E-state index contributed by atoms with van der Waals surface area (Å²) < 4.78 is 0. The average molecular weight is 226 g/mol. The van der Waals surface area contributed by atoms with E-state index in [1.807, 2.05) is 24.3 Å². The highest BCUT2D eigenvalue weighted by atomic mass is 35.5. The molecule has 1 aromatic rings. The zero-order valence-corrected chi connectivity index (χ0v) is 9.83. The van der Waals surface area contributed by atoms with Crippen LogP contribution in [0.1, 0.15) is 20.3 Å². The van der Waals surface area contributed by atoms with Crippen LogP contribution in [0.5, 0.6) is 0 Å². The lowest BCUT2D eigenvalue weighted by Gasteiger charge is -2.33. The molecule has 82 valence electrons. The van der Waals surface area contributed by atoms with Gasteiger partial charge in [-0.05, 0) is 44.5 Å². The Balaban J connectivity index is 2.27. The van der Waals surface area contributed by atoms with Crippen LogP contribution in [-0.4, -0.2) is 23.3 Å². The molecular weight excluding hydrogens is 210 g/mol. The second-order valence-corrected chi connectivity index (χ2v) is 5.19. The van der Waals surface area contributed by atoms with Crippen molar-refractivity contribution in [3.05, 3.63) is 29.3 Å². The molecule has 1 fully saturated rings. The molecule has 15 heavy (non-hydrogen) atoms. The monoisotopic (exact) mass is 225 g/mol. The van der Waals surface area contributed by atoms with Crippen molar-refractivity contribution >= 4 is 17.3 Å². The predicted octanol–water partition coefficient (Wildman–Crippen LogP) is 2.69. The van der Waals surface area contributed by atoms with Gasteiger partial charge in [0.15, 0.2) is 0 Å². The molecule has 1 N–H and O–H groups in total. The lowest BCUT2D eigenvalue weighted by molar-refractivity contribution is 0.188. The molecule has 0 radical (unpaired) electrons. The van der Waals surface area contributed by atoms with Gasteiger partial charge in [-0.25, -0.2) is 0 Å². The highest BCUT2D eigenvalue weighted by Crippen LogP contribution is 2.34. The maximum Gasteiger partial charge on any atom is 0.0737 e. The Morgan fingerprint density at radius 2 is 1.93 bits per heavy atom. The summed E-state index contributed by atoms with van der Waals surface area (Å²) in [5, 5.41) is 10.4. The van der Waals surface area contributed by atoms with Gasteiger partial charge in [-0.1, -0.05) is 11.6 Å². The topological polar surface area (TPSA) is 23.5 Å². The first-order valence-corrected chi connectivity index (χ1v) is 5.58. The highest BCUT2D eigenvalue weighted by molar-refractivity contribution is 6.30. The van der Waals surface area contributed by atoms with Crippen molar-refractivity contribution in [1.82, 2.24) is 0 Å². The Hall–Kier alpha value is -0.730. The van der Waals surface area contributed by atoms with Gasteiger partial charge in [-0.2, -0.15) is 0 Å². The van der Waals surface area contributed by atoms with Gasteiger partial charge >= 0.3 is 0 Å². The molecule has 1 aromatic carbocycles. The maximum absolute atomic E-state index is 9.68. The largest absolute Gasteiger partial charge is 0.391 e. The summed E-state index contributed by atoms with van der Waals surface area (Å²) in [5.74, 6) is 0. The number of hydrogen-bond donors (Lipinski definition) is 1. The number of rotatable bonds is 1. The molecule has 0 bridgehead atoms. The molecule has 1 aliphatic heterocycles. The average Bonchev–Trinajstić information content (AvgIpc) is 2.41. The molecule has 1 aliphatic rings. The number of anilines is 1. The Labute approximate surface area is 95.5 Å². The summed E-state index contributed by atoms with van der Waals surface area (Å²) in [7, 11) is 0. The second-order valence-electron chi connectivity index (χ2n) is 4.76. The van der Waals surface area contributed by atoms with Crippen LogP contribution in [0.4, 0.5) is 5.69 Å². The van der Waals surface area contributed by atoms with E-state index in [2.05, 4.69) is 18.7 Å². The molecule has 2 nitrogen and oxygen atoms in total. The quantitative estimate of drug-likeness (QED) is 0.795. The second kappa shape index (κ2) is 3.69. The first kappa shape index (κ1) is 10.8. The van der Waals surface area contributed by atoms with Crippen LogP contribution in [0.15, 0.2) is 24.3 Å². The summed E-state index contributed by atoms with van der Waals surface area (Å²) >= 11 is 5.85. The van der Waals surface area contributed by atoms with Crippen LogP contribution < -0.4 is 4.90 Å². The fourth-order valence-electron chi connectivity index (χ4n) is 2.29. The molecule has 0 saturated carbocycles. The van der Waals surface area contributed by atoms with E-state index in [4.69, 9.17) is 11.6 Å². The van der Waals surface area contributed by atoms with Crippen molar-refractivity contribution < 1.29 is 5.11 Å². The minimum Gasteiger partial charge on any atom is -0.391 e. The zero-order valence-electron chi connectivity index (χ0n) is 9.07. The van der Waals surface area contributed by atoms with Gasteiger partial charge in [-0.15, -0.1) is 0 Å². The van der Waals surface area contributed by atoms with Crippen LogP contribution in [0.2, 0.25) is 5.02 Å². The highest BCUT2D eigenvalue weighted by Gasteiger charge is 2.37. The van der Waals surface area contributed by atoms with Crippen molar-refractivity contribution in [2.24, 2.45) is 0 Å². The van der Waals surface area contributed by atoms with E-state index >= 15 is 0 Å². The van der Waals surface area contributed by atoms with E-state index in [0.717, 1.165) is 17.1 Å². The smallest absolute Gasteiger partial charge is 0.0737 e. The van der Waals surface area contributed by atoms with Gasteiger partial charge in [0.25, 0.3) is 0 Å². The van der Waals surface area contributed by atoms with E-state index in [1.54, 1.807) is 0 Å². The van der Waals surface area contributed by atoms with Crippen LogP contribution >= 0.6 is 11.6 Å². The summed E-state index contributed by atoms with van der Waals surface area (Å²) in [6.45, 7) is 5.00. The summed E-state index contributed by atoms with van der Waals surface area (Å²) in [6, 6.07) is 7.78. The Morgan fingerprint density at radius 3 is 2.40 bits per heavy atom. The van der Waals surface area contributed by atoms with Crippen LogP contribution in [0, 0.1) is 0 Å². The summed E-state index contributed by atoms with van der Waals surface area (Å²) in [4.78, 5) is 2.23. The molecule has 1 heterocycles. The Bertz CT molecular complexity index is 347. The van der Waals surface area contributed by atoms with Crippen molar-refractivity contribution in [3.63, 3.8) is 0 Å². The van der Waals surface area contributed by atoms with Gasteiger partial charge in [0.1, 0.15) is 0 Å². The fraction of sp³-hybridized carbons (Fsp3) is 0.500. The van der Waals surface area contributed by atoms with E-state index in [-0.39, 0.29) is 11.6 Å². The summed E-state index contributed by atoms with van der Waals surface area (Å²) in [6.07, 6.45) is 0.589. The van der Waals surface area contributed by atoms with E-state index in [1.165, 1.54) is 0 Å². The molecule has 0 aliphatic carbocycles. The first-order chi connectivity index (χ1) is 6.99. The third-order valence-electron chi connectivity index (χ3n) is 3.00. The SMILES string of the molecule is CC1(C)CC(O)CN1c1ccc(Cl)cc1. The summed E-state index contributed by atoms with van der Waals surface area (Å²) in [5.41, 5.74) is 1.15. The minimum atomic E-state index is -0.226. The molecule has 1 unspecified atom stereocenters.